The Balaban J connectivity index is 2.52. The molecule has 6 nitrogen and oxygen atoms in total. The van der Waals surface area contributed by atoms with Crippen LogP contribution in [0.15, 0.2) is 18.2 Å². The second-order valence-electron chi connectivity index (χ2n) is 4.23. The lowest BCUT2D eigenvalue weighted by atomic mass is 10.2. The summed E-state index contributed by atoms with van der Waals surface area (Å²) in [6, 6.07) is 4.67. The maximum atomic E-state index is 11.8. The lowest BCUT2D eigenvalue weighted by molar-refractivity contribution is -0.124. The summed E-state index contributed by atoms with van der Waals surface area (Å²) in [4.78, 5) is 23.2. The maximum absolute atomic E-state index is 11.8. The second-order valence-corrected chi connectivity index (χ2v) is 4.23. The average Bonchev–Trinajstić information content (AvgIpc) is 2.45. The van der Waals surface area contributed by atoms with Gasteiger partial charge in [-0.2, -0.15) is 0 Å². The molecular weight excluding hydrogens is 260 g/mol. The molecule has 1 amide bonds. The Morgan fingerprint density at radius 2 is 2.10 bits per heavy atom. The van der Waals surface area contributed by atoms with Crippen LogP contribution in [0.1, 0.15) is 30.1 Å². The molecular formula is C14H20N2O4. The minimum Gasteiger partial charge on any atom is -0.497 e. The molecule has 0 aliphatic heterocycles. The van der Waals surface area contributed by atoms with Crippen LogP contribution < -0.4 is 15.8 Å². The molecule has 0 atom stereocenters. The quantitative estimate of drug-likeness (QED) is 0.447. The number of benzene rings is 1. The van der Waals surface area contributed by atoms with Crippen molar-refractivity contribution in [2.75, 3.05) is 26.0 Å². The highest BCUT2D eigenvalue weighted by Gasteiger charge is 2.14. The second kappa shape index (κ2) is 8.04. The first-order chi connectivity index (χ1) is 9.58. The van der Waals surface area contributed by atoms with Crippen LogP contribution in [-0.2, 0) is 9.53 Å². The minimum absolute atomic E-state index is 0.186. The molecule has 0 saturated carbocycles. The van der Waals surface area contributed by atoms with Gasteiger partial charge >= 0.3 is 5.97 Å². The van der Waals surface area contributed by atoms with Crippen LogP contribution in [0.4, 0.5) is 5.69 Å². The standard InChI is InChI=1S/C14H20N2O4/c1-3-4-7-16-13(17)9-20-14(18)11-8-10(19-2)5-6-12(11)15/h5-6,8H,3-4,7,9,15H2,1-2H3,(H,16,17). The van der Waals surface area contributed by atoms with E-state index in [1.54, 1.807) is 12.1 Å². The molecule has 0 unspecified atom stereocenters. The normalized spacial score (nSPS) is 9.90. The number of esters is 1. The monoisotopic (exact) mass is 280 g/mol. The Labute approximate surface area is 118 Å². The van der Waals surface area contributed by atoms with Crippen molar-refractivity contribution < 1.29 is 19.1 Å². The smallest absolute Gasteiger partial charge is 0.340 e. The van der Waals surface area contributed by atoms with Gasteiger partial charge < -0.3 is 20.5 Å². The van der Waals surface area contributed by atoms with Gasteiger partial charge in [0.2, 0.25) is 0 Å². The predicted molar refractivity (Wildman–Crippen MR) is 75.6 cm³/mol. The summed E-state index contributed by atoms with van der Waals surface area (Å²) in [5.41, 5.74) is 6.16. The Bertz CT molecular complexity index is 474. The number of nitrogen functional groups attached to an aromatic ring is 1. The van der Waals surface area contributed by atoms with E-state index in [0.717, 1.165) is 12.8 Å². The zero-order chi connectivity index (χ0) is 15.0. The maximum Gasteiger partial charge on any atom is 0.340 e. The highest BCUT2D eigenvalue weighted by atomic mass is 16.5. The number of carbonyl (C=O) groups is 2. The van der Waals surface area contributed by atoms with Gasteiger partial charge in [0.25, 0.3) is 5.91 Å². The van der Waals surface area contributed by atoms with Gasteiger partial charge in [-0.05, 0) is 24.6 Å². The molecule has 0 saturated heterocycles. The highest BCUT2D eigenvalue weighted by Crippen LogP contribution is 2.20. The van der Waals surface area contributed by atoms with Crippen LogP contribution in [0, 0.1) is 0 Å². The number of nitrogens with one attached hydrogen (secondary N) is 1. The van der Waals surface area contributed by atoms with Crippen LogP contribution in [-0.4, -0.2) is 32.1 Å². The lowest BCUT2D eigenvalue weighted by Gasteiger charge is -2.09. The molecule has 0 bridgehead atoms. The molecule has 20 heavy (non-hydrogen) atoms. The van der Waals surface area contributed by atoms with E-state index < -0.39 is 5.97 Å². The molecule has 0 aromatic heterocycles. The van der Waals surface area contributed by atoms with Crippen molar-refractivity contribution in [2.24, 2.45) is 0 Å². The lowest BCUT2D eigenvalue weighted by Crippen LogP contribution is -2.29. The van der Waals surface area contributed by atoms with Crippen molar-refractivity contribution in [2.45, 2.75) is 19.8 Å². The van der Waals surface area contributed by atoms with Gasteiger partial charge in [0.1, 0.15) is 5.75 Å². The first kappa shape index (κ1) is 15.8. The fraction of sp³-hybridized carbons (Fsp3) is 0.429. The SMILES string of the molecule is CCCCNC(=O)COC(=O)c1cc(OC)ccc1N. The number of nitrogens with two attached hydrogens (primary N) is 1. The van der Waals surface area contributed by atoms with E-state index in [0.29, 0.717) is 12.3 Å². The van der Waals surface area contributed by atoms with Crippen LogP contribution in [0.3, 0.4) is 0 Å². The van der Waals surface area contributed by atoms with Gasteiger partial charge in [-0.25, -0.2) is 4.79 Å². The molecule has 3 N–H and O–H groups in total. The molecule has 0 aliphatic rings. The summed E-state index contributed by atoms with van der Waals surface area (Å²) in [6.07, 6.45) is 1.88. The van der Waals surface area contributed by atoms with E-state index in [-0.39, 0.29) is 23.8 Å². The molecule has 0 radical (unpaired) electrons. The third-order valence-electron chi connectivity index (χ3n) is 2.67. The fourth-order valence-electron chi connectivity index (χ4n) is 1.50. The third-order valence-corrected chi connectivity index (χ3v) is 2.67. The Morgan fingerprint density at radius 3 is 2.75 bits per heavy atom. The molecule has 0 fully saturated rings. The van der Waals surface area contributed by atoms with Crippen molar-refractivity contribution in [3.8, 4) is 5.75 Å². The van der Waals surface area contributed by atoms with E-state index in [4.69, 9.17) is 15.2 Å². The zero-order valence-corrected chi connectivity index (χ0v) is 11.8. The molecule has 0 aliphatic carbocycles. The Morgan fingerprint density at radius 1 is 1.35 bits per heavy atom. The van der Waals surface area contributed by atoms with Gasteiger partial charge in [0.15, 0.2) is 6.61 Å². The zero-order valence-electron chi connectivity index (χ0n) is 11.8. The van der Waals surface area contributed by atoms with Crippen LogP contribution in [0.25, 0.3) is 0 Å². The molecule has 1 rings (SSSR count). The van der Waals surface area contributed by atoms with Gasteiger partial charge in [0.05, 0.1) is 12.7 Å². The molecule has 0 spiro atoms. The van der Waals surface area contributed by atoms with E-state index in [1.165, 1.54) is 13.2 Å². The molecule has 0 heterocycles. The molecule has 1 aromatic rings. The van der Waals surface area contributed by atoms with Gasteiger partial charge in [-0.1, -0.05) is 13.3 Å². The first-order valence-electron chi connectivity index (χ1n) is 6.45. The predicted octanol–water partition coefficient (Wildman–Crippen LogP) is 1.35. The summed E-state index contributed by atoms with van der Waals surface area (Å²) in [5.74, 6) is -0.473. The highest BCUT2D eigenvalue weighted by molar-refractivity contribution is 5.96. The molecule has 110 valence electrons. The summed E-state index contributed by atoms with van der Waals surface area (Å²) < 4.78 is 9.92. The van der Waals surface area contributed by atoms with Gasteiger partial charge in [-0.3, -0.25) is 4.79 Å². The van der Waals surface area contributed by atoms with E-state index in [9.17, 15) is 9.59 Å². The van der Waals surface area contributed by atoms with Crippen molar-refractivity contribution >= 4 is 17.6 Å². The number of unbranched alkanes of at least 4 members (excludes halogenated alkanes) is 1. The van der Waals surface area contributed by atoms with Crippen molar-refractivity contribution in [1.29, 1.82) is 0 Å². The topological polar surface area (TPSA) is 90.6 Å². The van der Waals surface area contributed by atoms with E-state index in [1.807, 2.05) is 6.92 Å². The van der Waals surface area contributed by atoms with Gasteiger partial charge in [-0.15, -0.1) is 0 Å². The molecule has 1 aromatic carbocycles. The average molecular weight is 280 g/mol. The van der Waals surface area contributed by atoms with Crippen LogP contribution >= 0.6 is 0 Å². The number of amides is 1. The summed E-state index contributed by atoms with van der Waals surface area (Å²) in [6.45, 7) is 2.28. The minimum atomic E-state index is -0.646. The van der Waals surface area contributed by atoms with Crippen molar-refractivity contribution in [1.82, 2.24) is 5.32 Å². The van der Waals surface area contributed by atoms with Crippen molar-refractivity contribution in [3.05, 3.63) is 23.8 Å². The summed E-state index contributed by atoms with van der Waals surface area (Å²) in [7, 11) is 1.49. The number of ether oxygens (including phenoxy) is 2. The van der Waals surface area contributed by atoms with E-state index >= 15 is 0 Å². The van der Waals surface area contributed by atoms with E-state index in [2.05, 4.69) is 5.32 Å². The first-order valence-corrected chi connectivity index (χ1v) is 6.45. The summed E-state index contributed by atoms with van der Waals surface area (Å²) >= 11 is 0. The number of methoxy groups -OCH3 is 1. The number of hydrogen-bond acceptors (Lipinski definition) is 5. The summed E-state index contributed by atoms with van der Waals surface area (Å²) in [5, 5.41) is 2.66. The Kier molecular flexibility index (Phi) is 6.36. The third kappa shape index (κ3) is 4.79. The number of rotatable bonds is 7. The number of hydrogen-bond donors (Lipinski definition) is 2. The van der Waals surface area contributed by atoms with Crippen LogP contribution in [0.2, 0.25) is 0 Å². The van der Waals surface area contributed by atoms with Crippen LogP contribution in [0.5, 0.6) is 5.75 Å². The fourth-order valence-corrected chi connectivity index (χ4v) is 1.50. The Hall–Kier alpha value is -2.24. The largest absolute Gasteiger partial charge is 0.497 e. The van der Waals surface area contributed by atoms with Gasteiger partial charge in [0, 0.05) is 12.2 Å². The number of anilines is 1. The molecule has 6 heteroatoms. The van der Waals surface area contributed by atoms with Crippen molar-refractivity contribution in [3.63, 3.8) is 0 Å². The number of carbonyl (C=O) groups excluding carboxylic acids is 2.